The predicted molar refractivity (Wildman–Crippen MR) is 95.5 cm³/mol. The van der Waals surface area contributed by atoms with Gasteiger partial charge in [0.2, 0.25) is 0 Å². The number of ether oxygens (including phenoxy) is 1. The Morgan fingerprint density at radius 1 is 1.25 bits per heavy atom. The fraction of sp³-hybridized carbons (Fsp3) is 0.278. The van der Waals surface area contributed by atoms with Crippen LogP contribution in [0.3, 0.4) is 0 Å². The number of halogens is 3. The van der Waals surface area contributed by atoms with E-state index in [0.29, 0.717) is 22.0 Å². The van der Waals surface area contributed by atoms with Crippen LogP contribution in [0.4, 0.5) is 13.2 Å². The van der Waals surface area contributed by atoms with Crippen molar-refractivity contribution < 1.29 is 22.7 Å². The fourth-order valence-electron chi connectivity index (χ4n) is 2.51. The first-order chi connectivity index (χ1) is 13.4. The van der Waals surface area contributed by atoms with Gasteiger partial charge in [-0.1, -0.05) is 5.21 Å². The Hall–Kier alpha value is -2.88. The van der Waals surface area contributed by atoms with Gasteiger partial charge in [0.1, 0.15) is 22.9 Å². The van der Waals surface area contributed by atoms with Crippen LogP contribution < -0.4 is 10.1 Å². The molecule has 0 aliphatic heterocycles. The third kappa shape index (κ3) is 4.16. The number of thiophene rings is 1. The molecule has 1 N–H and O–H groups in total. The molecule has 1 amide bonds. The molecule has 0 radical (unpaired) electrons. The van der Waals surface area contributed by atoms with E-state index in [1.54, 1.807) is 17.6 Å². The highest BCUT2D eigenvalue weighted by Crippen LogP contribution is 2.30. The van der Waals surface area contributed by atoms with Crippen molar-refractivity contribution >= 4 is 17.2 Å². The maximum atomic E-state index is 12.6. The van der Waals surface area contributed by atoms with E-state index < -0.39 is 11.7 Å². The Bertz CT molecular complexity index is 977. The molecule has 0 spiro atoms. The van der Waals surface area contributed by atoms with Crippen LogP contribution in [0.15, 0.2) is 41.9 Å². The van der Waals surface area contributed by atoms with Gasteiger partial charge >= 0.3 is 6.18 Å². The number of carbonyl (C=O) groups excluding carboxylic acids is 1. The summed E-state index contributed by atoms with van der Waals surface area (Å²) in [6, 6.07) is 6.47. The number of aromatic nitrogens is 3. The molecule has 10 heteroatoms. The fourth-order valence-corrected chi connectivity index (χ4v) is 3.29. The summed E-state index contributed by atoms with van der Waals surface area (Å²) in [4.78, 5) is 12.8. The summed E-state index contributed by atoms with van der Waals surface area (Å²) in [6.07, 6.45) is -0.756. The second-order valence-corrected chi connectivity index (χ2v) is 7.26. The van der Waals surface area contributed by atoms with Gasteiger partial charge in [-0.3, -0.25) is 4.79 Å². The summed E-state index contributed by atoms with van der Waals surface area (Å²) < 4.78 is 44.7. The molecule has 0 bridgehead atoms. The number of nitrogens with one attached hydrogen (secondary N) is 1. The van der Waals surface area contributed by atoms with E-state index in [1.807, 2.05) is 0 Å². The van der Waals surface area contributed by atoms with Crippen molar-refractivity contribution in [2.24, 2.45) is 0 Å². The molecule has 6 nitrogen and oxygen atoms in total. The van der Waals surface area contributed by atoms with Gasteiger partial charge in [-0.25, -0.2) is 4.68 Å². The SMILES string of the molecule is O=C(NC1CC1)c1sccc1-n1cc(COc2ccc(C(F)(F)F)cc2)nn1. The van der Waals surface area contributed by atoms with Gasteiger partial charge in [0.05, 0.1) is 17.4 Å². The minimum absolute atomic E-state index is 0.0408. The van der Waals surface area contributed by atoms with Crippen LogP contribution in [-0.4, -0.2) is 26.9 Å². The highest BCUT2D eigenvalue weighted by Gasteiger charge is 2.30. The molecule has 1 aromatic carbocycles. The van der Waals surface area contributed by atoms with E-state index in [1.165, 1.54) is 28.2 Å². The normalized spacial score (nSPS) is 14.1. The Labute approximate surface area is 161 Å². The highest BCUT2D eigenvalue weighted by molar-refractivity contribution is 7.12. The number of alkyl halides is 3. The Balaban J connectivity index is 1.41. The Morgan fingerprint density at radius 2 is 2.00 bits per heavy atom. The highest BCUT2D eigenvalue weighted by atomic mass is 32.1. The summed E-state index contributed by atoms with van der Waals surface area (Å²) in [5, 5.41) is 12.8. The molecule has 0 atom stereocenters. The molecular formula is C18H15F3N4O2S. The van der Waals surface area contributed by atoms with Crippen molar-refractivity contribution in [1.29, 1.82) is 0 Å². The lowest BCUT2D eigenvalue weighted by atomic mass is 10.2. The summed E-state index contributed by atoms with van der Waals surface area (Å²) in [7, 11) is 0. The summed E-state index contributed by atoms with van der Waals surface area (Å²) >= 11 is 1.32. The Morgan fingerprint density at radius 3 is 2.68 bits per heavy atom. The van der Waals surface area contributed by atoms with Gasteiger partial charge in [0.15, 0.2) is 0 Å². The van der Waals surface area contributed by atoms with Crippen molar-refractivity contribution in [3.05, 3.63) is 58.0 Å². The lowest BCUT2D eigenvalue weighted by molar-refractivity contribution is -0.137. The van der Waals surface area contributed by atoms with Crippen LogP contribution in [0.5, 0.6) is 5.75 Å². The van der Waals surface area contributed by atoms with Gasteiger partial charge in [-0.15, -0.1) is 16.4 Å². The number of carbonyl (C=O) groups is 1. The zero-order valence-corrected chi connectivity index (χ0v) is 15.3. The molecule has 1 fully saturated rings. The lowest BCUT2D eigenvalue weighted by Crippen LogP contribution is -2.25. The summed E-state index contributed by atoms with van der Waals surface area (Å²) in [5.41, 5.74) is 0.372. The molecule has 1 aliphatic rings. The monoisotopic (exact) mass is 408 g/mol. The molecule has 2 aromatic heterocycles. The van der Waals surface area contributed by atoms with Gasteiger partial charge in [-0.05, 0) is 48.6 Å². The van der Waals surface area contributed by atoms with Crippen LogP contribution >= 0.6 is 11.3 Å². The number of amides is 1. The molecule has 146 valence electrons. The van der Waals surface area contributed by atoms with E-state index in [2.05, 4.69) is 15.6 Å². The van der Waals surface area contributed by atoms with Crippen LogP contribution in [0.1, 0.15) is 33.8 Å². The largest absolute Gasteiger partial charge is 0.487 e. The Kier molecular flexibility index (Phi) is 4.80. The lowest BCUT2D eigenvalue weighted by Gasteiger charge is -2.08. The standard InChI is InChI=1S/C18H15F3N4O2S/c19-18(20,21)11-1-5-14(6-2-11)27-10-13-9-25(24-23-13)15-7-8-28-16(15)17(26)22-12-3-4-12/h1-2,5-9,12H,3-4,10H2,(H,22,26). The summed E-state index contributed by atoms with van der Waals surface area (Å²) in [5.74, 6) is 0.160. The van der Waals surface area contributed by atoms with Crippen molar-refractivity contribution in [3.63, 3.8) is 0 Å². The smallest absolute Gasteiger partial charge is 0.416 e. The molecule has 1 aliphatic carbocycles. The van der Waals surface area contributed by atoms with Gasteiger partial charge in [0, 0.05) is 6.04 Å². The molecule has 28 heavy (non-hydrogen) atoms. The number of hydrogen-bond acceptors (Lipinski definition) is 5. The molecule has 4 rings (SSSR count). The van der Waals surface area contributed by atoms with Crippen LogP contribution in [0, 0.1) is 0 Å². The van der Waals surface area contributed by atoms with E-state index >= 15 is 0 Å². The van der Waals surface area contributed by atoms with Gasteiger partial charge < -0.3 is 10.1 Å². The third-order valence-corrected chi connectivity index (χ3v) is 5.02. The molecule has 1 saturated carbocycles. The molecule has 2 heterocycles. The van der Waals surface area contributed by atoms with Crippen molar-refractivity contribution in [2.75, 3.05) is 0 Å². The minimum Gasteiger partial charge on any atom is -0.487 e. The maximum Gasteiger partial charge on any atom is 0.416 e. The third-order valence-electron chi connectivity index (χ3n) is 4.12. The zero-order valence-electron chi connectivity index (χ0n) is 14.4. The minimum atomic E-state index is -4.38. The van der Waals surface area contributed by atoms with E-state index in [-0.39, 0.29) is 18.6 Å². The van der Waals surface area contributed by atoms with Crippen molar-refractivity contribution in [2.45, 2.75) is 31.7 Å². The topological polar surface area (TPSA) is 69.0 Å². The van der Waals surface area contributed by atoms with E-state index in [9.17, 15) is 18.0 Å². The molecular weight excluding hydrogens is 393 g/mol. The van der Waals surface area contributed by atoms with Gasteiger partial charge in [0.25, 0.3) is 5.91 Å². The number of benzene rings is 1. The second-order valence-electron chi connectivity index (χ2n) is 6.35. The predicted octanol–water partition coefficient (Wildman–Crippen LogP) is 3.82. The average molecular weight is 408 g/mol. The summed E-state index contributed by atoms with van der Waals surface area (Å²) in [6.45, 7) is 0.0408. The molecule has 0 saturated heterocycles. The molecule has 0 unspecified atom stereocenters. The van der Waals surface area contributed by atoms with Crippen molar-refractivity contribution in [3.8, 4) is 11.4 Å². The number of nitrogens with zero attached hydrogens (tertiary/aromatic N) is 3. The van der Waals surface area contributed by atoms with Crippen molar-refractivity contribution in [1.82, 2.24) is 20.3 Å². The number of hydrogen-bond donors (Lipinski definition) is 1. The first-order valence-electron chi connectivity index (χ1n) is 8.50. The van der Waals surface area contributed by atoms with Crippen LogP contribution in [-0.2, 0) is 12.8 Å². The number of rotatable bonds is 6. The zero-order chi connectivity index (χ0) is 19.7. The molecule has 3 aromatic rings. The maximum absolute atomic E-state index is 12.6. The van der Waals surface area contributed by atoms with Crippen LogP contribution in [0.25, 0.3) is 5.69 Å². The van der Waals surface area contributed by atoms with Gasteiger partial charge in [-0.2, -0.15) is 13.2 Å². The first kappa shape index (κ1) is 18.5. The van der Waals surface area contributed by atoms with E-state index in [4.69, 9.17) is 4.74 Å². The van der Waals surface area contributed by atoms with Crippen LogP contribution in [0.2, 0.25) is 0 Å². The van der Waals surface area contributed by atoms with E-state index in [0.717, 1.165) is 25.0 Å². The average Bonchev–Trinajstić information content (AvgIpc) is 3.16. The quantitative estimate of drug-likeness (QED) is 0.673. The first-order valence-corrected chi connectivity index (χ1v) is 9.38. The second kappa shape index (κ2) is 7.27.